The van der Waals surface area contributed by atoms with Crippen molar-refractivity contribution in [2.45, 2.75) is 46.1 Å². The average Bonchev–Trinajstić information content (AvgIpc) is 2.80. The lowest BCUT2D eigenvalue weighted by Crippen LogP contribution is -2.33. The van der Waals surface area contributed by atoms with Gasteiger partial charge < -0.3 is 5.32 Å². The summed E-state index contributed by atoms with van der Waals surface area (Å²) in [5.74, 6) is 3.21. The first-order valence-electron chi connectivity index (χ1n) is 7.07. The van der Waals surface area contributed by atoms with Gasteiger partial charge in [-0.15, -0.1) is 0 Å². The van der Waals surface area contributed by atoms with Gasteiger partial charge in [0, 0.05) is 17.8 Å². The first-order chi connectivity index (χ1) is 9.13. The highest BCUT2D eigenvalue weighted by atomic mass is 15.4. The molecule has 5 heteroatoms. The smallest absolute Gasteiger partial charge is 0.254 e. The molecule has 0 bridgehead atoms. The Labute approximate surface area is 113 Å². The number of nitrogens with zero attached hydrogens (tertiary/aromatic N) is 4. The van der Waals surface area contributed by atoms with E-state index in [0.717, 1.165) is 17.4 Å². The molecule has 3 rings (SSSR count). The number of aromatic nitrogens is 4. The fourth-order valence-electron chi connectivity index (χ4n) is 3.10. The maximum absolute atomic E-state index is 4.37. The SMILES string of the molecule is Cc1cc(NC2CCC(C)CC2C)n2ncnc2n1. The van der Waals surface area contributed by atoms with Gasteiger partial charge in [-0.05, 0) is 38.0 Å². The van der Waals surface area contributed by atoms with Gasteiger partial charge in [0.15, 0.2) is 0 Å². The van der Waals surface area contributed by atoms with E-state index in [4.69, 9.17) is 0 Å². The topological polar surface area (TPSA) is 55.1 Å². The zero-order valence-electron chi connectivity index (χ0n) is 11.8. The van der Waals surface area contributed by atoms with Crippen LogP contribution in [0.1, 0.15) is 38.8 Å². The minimum Gasteiger partial charge on any atom is -0.367 e. The summed E-state index contributed by atoms with van der Waals surface area (Å²) in [5, 5.41) is 7.89. The third kappa shape index (κ3) is 2.41. The summed E-state index contributed by atoms with van der Waals surface area (Å²) in [7, 11) is 0. The Morgan fingerprint density at radius 1 is 1.32 bits per heavy atom. The van der Waals surface area contributed by atoms with Gasteiger partial charge in [0.2, 0.25) is 0 Å². The summed E-state index contributed by atoms with van der Waals surface area (Å²) in [5.41, 5.74) is 0.972. The van der Waals surface area contributed by atoms with Crippen molar-refractivity contribution >= 4 is 11.6 Å². The standard InChI is InChI=1S/C14H21N5/c1-9-4-5-12(10(2)6-9)18-13-7-11(3)17-14-15-8-16-19(13)14/h7-10,12,18H,4-6H2,1-3H3. The van der Waals surface area contributed by atoms with E-state index in [1.54, 1.807) is 10.8 Å². The predicted octanol–water partition coefficient (Wildman–Crippen LogP) is 2.67. The molecule has 1 N–H and O–H groups in total. The molecule has 1 aliphatic rings. The lowest BCUT2D eigenvalue weighted by Gasteiger charge is -2.33. The van der Waals surface area contributed by atoms with Crippen LogP contribution in [0, 0.1) is 18.8 Å². The van der Waals surface area contributed by atoms with Crippen molar-refractivity contribution < 1.29 is 0 Å². The number of hydrogen-bond acceptors (Lipinski definition) is 4. The number of hydrogen-bond donors (Lipinski definition) is 1. The van der Waals surface area contributed by atoms with Gasteiger partial charge in [-0.25, -0.2) is 4.98 Å². The van der Waals surface area contributed by atoms with Crippen molar-refractivity contribution in [2.24, 2.45) is 11.8 Å². The molecule has 0 radical (unpaired) electrons. The second-order valence-corrected chi connectivity index (χ2v) is 5.90. The molecule has 0 saturated heterocycles. The number of anilines is 1. The van der Waals surface area contributed by atoms with Gasteiger partial charge in [-0.1, -0.05) is 13.8 Å². The maximum atomic E-state index is 4.37. The lowest BCUT2D eigenvalue weighted by atomic mass is 9.80. The molecule has 2 heterocycles. The van der Waals surface area contributed by atoms with E-state index in [9.17, 15) is 0 Å². The van der Waals surface area contributed by atoms with Crippen molar-refractivity contribution in [1.82, 2.24) is 19.6 Å². The molecule has 1 fully saturated rings. The average molecular weight is 259 g/mol. The molecule has 2 aromatic rings. The van der Waals surface area contributed by atoms with Gasteiger partial charge in [0.25, 0.3) is 5.78 Å². The Hall–Kier alpha value is -1.65. The molecule has 2 aromatic heterocycles. The van der Waals surface area contributed by atoms with Crippen LogP contribution in [-0.4, -0.2) is 25.6 Å². The van der Waals surface area contributed by atoms with Gasteiger partial charge in [0.1, 0.15) is 12.1 Å². The van der Waals surface area contributed by atoms with Crippen molar-refractivity contribution in [3.8, 4) is 0 Å². The molecule has 19 heavy (non-hydrogen) atoms. The van der Waals surface area contributed by atoms with Crippen LogP contribution in [0.3, 0.4) is 0 Å². The zero-order chi connectivity index (χ0) is 13.4. The van der Waals surface area contributed by atoms with E-state index < -0.39 is 0 Å². The fraction of sp³-hybridized carbons (Fsp3) is 0.643. The number of fused-ring (bicyclic) bond motifs is 1. The molecule has 0 spiro atoms. The molecular formula is C14H21N5. The molecule has 0 aliphatic heterocycles. The van der Waals surface area contributed by atoms with Crippen molar-refractivity contribution in [3.05, 3.63) is 18.1 Å². The van der Waals surface area contributed by atoms with Crippen molar-refractivity contribution in [1.29, 1.82) is 0 Å². The molecular weight excluding hydrogens is 238 g/mol. The number of nitrogens with one attached hydrogen (secondary N) is 1. The van der Waals surface area contributed by atoms with Gasteiger partial charge in [0.05, 0.1) is 0 Å². The van der Waals surface area contributed by atoms with Gasteiger partial charge in [-0.3, -0.25) is 0 Å². The summed E-state index contributed by atoms with van der Waals surface area (Å²) in [4.78, 5) is 8.53. The monoisotopic (exact) mass is 259 g/mol. The second-order valence-electron chi connectivity index (χ2n) is 5.90. The third-order valence-electron chi connectivity index (χ3n) is 4.14. The molecule has 5 nitrogen and oxygen atoms in total. The van der Waals surface area contributed by atoms with E-state index in [-0.39, 0.29) is 0 Å². The van der Waals surface area contributed by atoms with Crippen LogP contribution in [0.4, 0.5) is 5.82 Å². The second kappa shape index (κ2) is 4.79. The Balaban J connectivity index is 1.86. The summed E-state index contributed by atoms with van der Waals surface area (Å²) in [6.07, 6.45) is 5.37. The molecule has 1 saturated carbocycles. The largest absolute Gasteiger partial charge is 0.367 e. The number of rotatable bonds is 2. The van der Waals surface area contributed by atoms with E-state index >= 15 is 0 Å². The summed E-state index contributed by atoms with van der Waals surface area (Å²) in [6, 6.07) is 2.57. The first-order valence-corrected chi connectivity index (χ1v) is 7.07. The molecule has 0 amide bonds. The summed E-state index contributed by atoms with van der Waals surface area (Å²) < 4.78 is 1.79. The highest BCUT2D eigenvalue weighted by Crippen LogP contribution is 2.30. The predicted molar refractivity (Wildman–Crippen MR) is 75.1 cm³/mol. The van der Waals surface area contributed by atoms with Crippen LogP contribution in [0.2, 0.25) is 0 Å². The normalized spacial score (nSPS) is 27.6. The van der Waals surface area contributed by atoms with Crippen LogP contribution in [-0.2, 0) is 0 Å². The van der Waals surface area contributed by atoms with E-state index in [1.807, 2.05) is 13.0 Å². The Morgan fingerprint density at radius 3 is 2.95 bits per heavy atom. The maximum Gasteiger partial charge on any atom is 0.254 e. The zero-order valence-corrected chi connectivity index (χ0v) is 11.8. The first kappa shape index (κ1) is 12.4. The van der Waals surface area contributed by atoms with Crippen molar-refractivity contribution in [3.63, 3.8) is 0 Å². The van der Waals surface area contributed by atoms with Crippen LogP contribution in [0.5, 0.6) is 0 Å². The molecule has 3 atom stereocenters. The highest BCUT2D eigenvalue weighted by molar-refractivity contribution is 5.45. The third-order valence-corrected chi connectivity index (χ3v) is 4.14. The molecule has 1 aliphatic carbocycles. The minimum absolute atomic E-state index is 0.519. The molecule has 3 unspecified atom stereocenters. The number of aryl methyl sites for hydroxylation is 1. The van der Waals surface area contributed by atoms with Crippen LogP contribution in [0.15, 0.2) is 12.4 Å². The van der Waals surface area contributed by atoms with E-state index in [1.165, 1.54) is 19.3 Å². The quantitative estimate of drug-likeness (QED) is 0.901. The van der Waals surface area contributed by atoms with E-state index in [2.05, 4.69) is 34.2 Å². The van der Waals surface area contributed by atoms with Gasteiger partial charge >= 0.3 is 0 Å². The molecule has 102 valence electrons. The Morgan fingerprint density at radius 2 is 2.16 bits per heavy atom. The van der Waals surface area contributed by atoms with E-state index in [0.29, 0.717) is 17.7 Å². The summed E-state index contributed by atoms with van der Waals surface area (Å²) >= 11 is 0. The van der Waals surface area contributed by atoms with Crippen LogP contribution < -0.4 is 5.32 Å². The minimum atomic E-state index is 0.519. The van der Waals surface area contributed by atoms with Crippen LogP contribution in [0.25, 0.3) is 5.78 Å². The van der Waals surface area contributed by atoms with Crippen LogP contribution >= 0.6 is 0 Å². The fourth-order valence-corrected chi connectivity index (χ4v) is 3.10. The molecule has 0 aromatic carbocycles. The highest BCUT2D eigenvalue weighted by Gasteiger charge is 2.25. The Kier molecular flexibility index (Phi) is 3.12. The summed E-state index contributed by atoms with van der Waals surface area (Å²) in [6.45, 7) is 6.67. The Bertz CT molecular complexity index is 576. The van der Waals surface area contributed by atoms with Crippen molar-refractivity contribution in [2.75, 3.05) is 5.32 Å². The lowest BCUT2D eigenvalue weighted by molar-refractivity contribution is 0.276. The van der Waals surface area contributed by atoms with Gasteiger partial charge in [-0.2, -0.15) is 14.6 Å².